The third kappa shape index (κ3) is 5.67. The number of phenolic OH excluding ortho intramolecular Hbond substituents is 1. The first kappa shape index (κ1) is 25.0. The van der Waals surface area contributed by atoms with E-state index in [1.807, 2.05) is 7.05 Å². The number of halogens is 3. The van der Waals surface area contributed by atoms with Gasteiger partial charge in [0, 0.05) is 29.7 Å². The van der Waals surface area contributed by atoms with Gasteiger partial charge < -0.3 is 19.5 Å². The molecular weight excluding hydrogens is 461 g/mol. The monoisotopic (exact) mass is 488 g/mol. The molecule has 0 saturated carbocycles. The van der Waals surface area contributed by atoms with Gasteiger partial charge in [0.15, 0.2) is 17.3 Å². The Morgan fingerprint density at radius 1 is 1.09 bits per heavy atom. The Balaban J connectivity index is 1.78. The summed E-state index contributed by atoms with van der Waals surface area (Å²) in [5.74, 6) is -0.961. The Kier molecular flexibility index (Phi) is 6.31. The molecule has 0 aliphatic carbocycles. The lowest BCUT2D eigenvalue weighted by Gasteiger charge is -2.49. The number of aromatic hydroxyl groups is 1. The molecule has 0 bridgehead atoms. The fourth-order valence-electron chi connectivity index (χ4n) is 4.31. The highest BCUT2D eigenvalue weighted by atomic mass is 32.2. The van der Waals surface area contributed by atoms with Gasteiger partial charge in [-0.15, -0.1) is 10.2 Å². The van der Waals surface area contributed by atoms with E-state index in [1.165, 1.54) is 6.07 Å². The van der Waals surface area contributed by atoms with Gasteiger partial charge in [0.1, 0.15) is 0 Å². The van der Waals surface area contributed by atoms with Gasteiger partial charge in [-0.1, -0.05) is 0 Å². The first-order valence-corrected chi connectivity index (χ1v) is 11.6. The molecular formula is C21H27F3N4O4S. The maximum absolute atomic E-state index is 12.5. The lowest BCUT2D eigenvalue weighted by Crippen LogP contribution is -2.62. The molecule has 1 aromatic carbocycles. The van der Waals surface area contributed by atoms with E-state index >= 15 is 0 Å². The molecule has 1 aromatic heterocycles. The molecule has 1 saturated heterocycles. The van der Waals surface area contributed by atoms with E-state index in [0.717, 1.165) is 25.0 Å². The van der Waals surface area contributed by atoms with Crippen LogP contribution in [0.2, 0.25) is 0 Å². The van der Waals surface area contributed by atoms with Gasteiger partial charge in [-0.25, -0.2) is 0 Å². The van der Waals surface area contributed by atoms with Gasteiger partial charge in [-0.05, 0) is 70.9 Å². The van der Waals surface area contributed by atoms with Crippen molar-refractivity contribution < 1.29 is 30.9 Å². The van der Waals surface area contributed by atoms with Crippen molar-refractivity contribution in [3.05, 3.63) is 30.3 Å². The summed E-state index contributed by atoms with van der Waals surface area (Å²) >= 11 is 0. The molecule has 1 aliphatic rings. The van der Waals surface area contributed by atoms with Crippen molar-refractivity contribution in [2.24, 2.45) is 0 Å². The van der Waals surface area contributed by atoms with Gasteiger partial charge in [-0.3, -0.25) is 0 Å². The van der Waals surface area contributed by atoms with Crippen LogP contribution in [-0.2, 0) is 10.1 Å². The molecule has 182 valence electrons. The zero-order chi connectivity index (χ0) is 24.8. The first-order chi connectivity index (χ1) is 15.0. The molecule has 3 rings (SSSR count). The number of alkyl halides is 3. The van der Waals surface area contributed by atoms with Crippen LogP contribution in [0.1, 0.15) is 40.5 Å². The van der Waals surface area contributed by atoms with Crippen LogP contribution >= 0.6 is 0 Å². The number of hydrogen-bond acceptors (Lipinski definition) is 8. The van der Waals surface area contributed by atoms with E-state index < -0.39 is 27.1 Å². The van der Waals surface area contributed by atoms with E-state index in [1.54, 1.807) is 12.1 Å². The van der Waals surface area contributed by atoms with Gasteiger partial charge in [0.25, 0.3) is 0 Å². The fraction of sp³-hybridized carbons (Fsp3) is 0.524. The normalized spacial score (nSPS) is 18.7. The quantitative estimate of drug-likeness (QED) is 0.484. The van der Waals surface area contributed by atoms with Crippen molar-refractivity contribution in [3.63, 3.8) is 0 Å². The second kappa shape index (κ2) is 8.32. The summed E-state index contributed by atoms with van der Waals surface area (Å²) in [6.45, 7) is 8.62. The molecule has 2 aromatic rings. The van der Waals surface area contributed by atoms with E-state index in [9.17, 15) is 26.7 Å². The molecule has 1 aliphatic heterocycles. The van der Waals surface area contributed by atoms with E-state index in [2.05, 4.69) is 52.3 Å². The van der Waals surface area contributed by atoms with E-state index in [-0.39, 0.29) is 17.1 Å². The SMILES string of the molecule is CN(c1ccc(-c2ccc(OS(=O)(=O)C(F)(F)F)c(O)c2)nn1)C1CC(C)(C)NC(C)(C)C1. The number of nitrogens with zero attached hydrogens (tertiary/aromatic N) is 3. The maximum atomic E-state index is 12.5. The summed E-state index contributed by atoms with van der Waals surface area (Å²) < 4.78 is 63.8. The second-order valence-corrected chi connectivity index (χ2v) is 11.0. The van der Waals surface area contributed by atoms with Crippen molar-refractivity contribution in [3.8, 4) is 22.8 Å². The minimum Gasteiger partial charge on any atom is -0.504 e. The second-order valence-electron chi connectivity index (χ2n) is 9.51. The van der Waals surface area contributed by atoms with Crippen LogP contribution in [0, 0.1) is 0 Å². The number of phenols is 1. The number of nitrogens with one attached hydrogen (secondary N) is 1. The largest absolute Gasteiger partial charge is 0.534 e. The Labute approximate surface area is 190 Å². The van der Waals surface area contributed by atoms with Crippen molar-refractivity contribution in [2.45, 2.75) is 63.2 Å². The molecule has 0 radical (unpaired) electrons. The molecule has 12 heteroatoms. The number of aromatic nitrogens is 2. The molecule has 8 nitrogen and oxygen atoms in total. The van der Waals surface area contributed by atoms with Gasteiger partial charge in [0.2, 0.25) is 0 Å². The molecule has 2 N–H and O–H groups in total. The lowest BCUT2D eigenvalue weighted by molar-refractivity contribution is -0.0500. The summed E-state index contributed by atoms with van der Waals surface area (Å²) in [5, 5.41) is 22.0. The average Bonchev–Trinajstić information content (AvgIpc) is 2.65. The average molecular weight is 489 g/mol. The summed E-state index contributed by atoms with van der Waals surface area (Å²) in [6, 6.07) is 6.93. The number of hydrogen-bond donors (Lipinski definition) is 2. The predicted molar refractivity (Wildman–Crippen MR) is 117 cm³/mol. The molecule has 2 heterocycles. The number of rotatable bonds is 5. The molecule has 0 amide bonds. The highest BCUT2D eigenvalue weighted by Gasteiger charge is 2.49. The summed E-state index contributed by atoms with van der Waals surface area (Å²) in [4.78, 5) is 2.07. The minimum absolute atomic E-state index is 0.0466. The van der Waals surface area contributed by atoms with Crippen LogP contribution in [0.15, 0.2) is 30.3 Å². The summed E-state index contributed by atoms with van der Waals surface area (Å²) in [6.07, 6.45) is 1.82. The zero-order valence-corrected chi connectivity index (χ0v) is 19.8. The van der Waals surface area contributed by atoms with E-state index in [4.69, 9.17) is 0 Å². The van der Waals surface area contributed by atoms with Crippen LogP contribution in [-0.4, -0.2) is 53.4 Å². The van der Waals surface area contributed by atoms with Crippen LogP contribution < -0.4 is 14.4 Å². The maximum Gasteiger partial charge on any atom is 0.534 e. The van der Waals surface area contributed by atoms with Crippen LogP contribution in [0.25, 0.3) is 11.3 Å². The Morgan fingerprint density at radius 2 is 1.70 bits per heavy atom. The molecule has 0 atom stereocenters. The van der Waals surface area contributed by atoms with Gasteiger partial charge in [0.05, 0.1) is 5.69 Å². The van der Waals surface area contributed by atoms with Crippen molar-refractivity contribution in [1.29, 1.82) is 0 Å². The van der Waals surface area contributed by atoms with E-state index in [0.29, 0.717) is 17.1 Å². The van der Waals surface area contributed by atoms with Crippen molar-refractivity contribution >= 4 is 15.9 Å². The van der Waals surface area contributed by atoms with Crippen LogP contribution in [0.3, 0.4) is 0 Å². The summed E-state index contributed by atoms with van der Waals surface area (Å²) in [5.41, 5.74) is -5.03. The Morgan fingerprint density at radius 3 is 2.18 bits per heavy atom. The number of piperidine rings is 1. The molecule has 33 heavy (non-hydrogen) atoms. The van der Waals surface area contributed by atoms with Crippen LogP contribution in [0.5, 0.6) is 11.5 Å². The Bertz CT molecular complexity index is 1100. The zero-order valence-electron chi connectivity index (χ0n) is 18.9. The number of anilines is 1. The van der Waals surface area contributed by atoms with Gasteiger partial charge >= 0.3 is 15.6 Å². The number of benzene rings is 1. The molecule has 0 spiro atoms. The van der Waals surface area contributed by atoms with Crippen molar-refractivity contribution in [1.82, 2.24) is 15.5 Å². The molecule has 1 fully saturated rings. The fourth-order valence-corrected chi connectivity index (χ4v) is 4.78. The highest BCUT2D eigenvalue weighted by molar-refractivity contribution is 7.88. The third-order valence-corrected chi connectivity index (χ3v) is 6.43. The third-order valence-electron chi connectivity index (χ3n) is 5.47. The molecule has 0 unspecified atom stereocenters. The summed E-state index contributed by atoms with van der Waals surface area (Å²) in [7, 11) is -3.94. The topological polar surface area (TPSA) is 105 Å². The standard InChI is InChI=1S/C21H27F3N4O4S/c1-19(2)11-14(12-20(3,4)27-19)28(5)18-9-7-15(25-26-18)13-6-8-17(16(29)10-13)32-33(30,31)21(22,23)24/h6-10,14,27,29H,11-12H2,1-5H3. The van der Waals surface area contributed by atoms with Crippen molar-refractivity contribution in [2.75, 3.05) is 11.9 Å². The minimum atomic E-state index is -5.89. The Hall–Kier alpha value is -2.60. The first-order valence-electron chi connectivity index (χ1n) is 10.2. The highest BCUT2D eigenvalue weighted by Crippen LogP contribution is 2.36. The predicted octanol–water partition coefficient (Wildman–Crippen LogP) is 3.82. The van der Waals surface area contributed by atoms with Crippen LogP contribution in [0.4, 0.5) is 19.0 Å². The van der Waals surface area contributed by atoms with Gasteiger partial charge in [-0.2, -0.15) is 21.6 Å². The smallest absolute Gasteiger partial charge is 0.504 e. The lowest BCUT2D eigenvalue weighted by atomic mass is 9.79.